The summed E-state index contributed by atoms with van der Waals surface area (Å²) >= 11 is 1.45. The van der Waals surface area contributed by atoms with Crippen LogP contribution in [-0.4, -0.2) is 24.8 Å². The minimum atomic E-state index is -3.47. The predicted octanol–water partition coefficient (Wildman–Crippen LogP) is 2.58. The molecule has 6 heteroatoms. The van der Waals surface area contributed by atoms with Gasteiger partial charge in [-0.1, -0.05) is 12.1 Å². The van der Waals surface area contributed by atoms with Gasteiger partial charge in [0.15, 0.2) is 0 Å². The van der Waals surface area contributed by atoms with Gasteiger partial charge >= 0.3 is 0 Å². The quantitative estimate of drug-likeness (QED) is 0.871. The van der Waals surface area contributed by atoms with Crippen molar-refractivity contribution in [3.8, 4) is 0 Å². The summed E-state index contributed by atoms with van der Waals surface area (Å²) in [7, 11) is -1.89. The summed E-state index contributed by atoms with van der Waals surface area (Å²) in [5.41, 5.74) is 1.70. The first kappa shape index (κ1) is 14.2. The van der Waals surface area contributed by atoms with Crippen LogP contribution in [-0.2, 0) is 16.6 Å². The molecule has 2 aromatic rings. The van der Waals surface area contributed by atoms with Crippen molar-refractivity contribution in [2.75, 3.05) is 7.05 Å². The van der Waals surface area contributed by atoms with Crippen LogP contribution in [0, 0.1) is 13.8 Å². The number of benzene rings is 1. The Bertz CT molecular complexity index is 664. The van der Waals surface area contributed by atoms with E-state index in [0.717, 1.165) is 16.1 Å². The van der Waals surface area contributed by atoms with Gasteiger partial charge in [0.05, 0.1) is 11.4 Å². The van der Waals surface area contributed by atoms with Gasteiger partial charge < -0.3 is 0 Å². The average Bonchev–Trinajstić information content (AvgIpc) is 2.85. The lowest BCUT2D eigenvalue weighted by molar-refractivity contribution is 0.465. The molecule has 0 saturated heterocycles. The van der Waals surface area contributed by atoms with Crippen molar-refractivity contribution in [3.63, 3.8) is 0 Å². The van der Waals surface area contributed by atoms with E-state index in [0.29, 0.717) is 11.4 Å². The minimum absolute atomic E-state index is 0.299. The van der Waals surface area contributed by atoms with E-state index in [9.17, 15) is 8.42 Å². The maximum absolute atomic E-state index is 12.5. The highest BCUT2D eigenvalue weighted by Crippen LogP contribution is 2.22. The van der Waals surface area contributed by atoms with E-state index in [4.69, 9.17) is 0 Å². The Hall–Kier alpha value is -1.24. The fourth-order valence-corrected chi connectivity index (χ4v) is 3.95. The zero-order chi connectivity index (χ0) is 14.0. The lowest BCUT2D eigenvalue weighted by atomic mass is 10.2. The van der Waals surface area contributed by atoms with Crippen LogP contribution in [0.4, 0.5) is 0 Å². The highest BCUT2D eigenvalue weighted by atomic mass is 32.2. The molecular formula is C13H16N2O2S2. The maximum Gasteiger partial charge on any atom is 0.243 e. The van der Waals surface area contributed by atoms with Crippen molar-refractivity contribution >= 4 is 21.4 Å². The lowest BCUT2D eigenvalue weighted by Crippen LogP contribution is -2.27. The molecule has 0 atom stereocenters. The molecular weight excluding hydrogens is 280 g/mol. The molecule has 0 spiro atoms. The van der Waals surface area contributed by atoms with E-state index in [2.05, 4.69) is 4.98 Å². The minimum Gasteiger partial charge on any atom is -0.248 e. The third-order valence-corrected chi connectivity index (χ3v) is 5.58. The number of hydrogen-bond donors (Lipinski definition) is 0. The molecule has 0 unspecified atom stereocenters. The zero-order valence-corrected chi connectivity index (χ0v) is 12.8. The van der Waals surface area contributed by atoms with E-state index in [1.807, 2.05) is 31.4 Å². The van der Waals surface area contributed by atoms with Crippen LogP contribution >= 0.6 is 11.3 Å². The van der Waals surface area contributed by atoms with Crippen LogP contribution in [0.15, 0.2) is 34.7 Å². The number of aryl methyl sites for hydroxylation is 2. The molecule has 2 rings (SSSR count). The van der Waals surface area contributed by atoms with E-state index < -0.39 is 10.0 Å². The molecule has 1 aromatic heterocycles. The molecule has 0 radical (unpaired) electrons. The summed E-state index contributed by atoms with van der Waals surface area (Å²) in [4.78, 5) is 4.48. The Kier molecular flexibility index (Phi) is 4.03. The molecule has 0 bridgehead atoms. The van der Waals surface area contributed by atoms with E-state index in [-0.39, 0.29) is 0 Å². The molecule has 4 nitrogen and oxygen atoms in total. The first-order valence-electron chi connectivity index (χ1n) is 5.83. The second-order valence-electron chi connectivity index (χ2n) is 4.46. The third-order valence-electron chi connectivity index (χ3n) is 2.87. The molecule has 0 fully saturated rings. The summed E-state index contributed by atoms with van der Waals surface area (Å²) in [5.74, 6) is 0. The SMILES string of the molecule is Cc1ccc(C)c(S(=O)(=O)N(C)Cc2nccs2)c1. The van der Waals surface area contributed by atoms with Gasteiger partial charge in [0, 0.05) is 18.6 Å². The van der Waals surface area contributed by atoms with Crippen LogP contribution in [0.5, 0.6) is 0 Å². The molecule has 19 heavy (non-hydrogen) atoms. The third kappa shape index (κ3) is 3.02. The van der Waals surface area contributed by atoms with Crippen LogP contribution in [0.3, 0.4) is 0 Å². The summed E-state index contributed by atoms with van der Waals surface area (Å²) in [5, 5.41) is 2.63. The van der Waals surface area contributed by atoms with Crippen molar-refractivity contribution < 1.29 is 8.42 Å². The molecule has 1 aromatic carbocycles. The average molecular weight is 296 g/mol. The van der Waals surface area contributed by atoms with Crippen LogP contribution in [0.25, 0.3) is 0 Å². The van der Waals surface area contributed by atoms with Gasteiger partial charge in [-0.3, -0.25) is 0 Å². The van der Waals surface area contributed by atoms with Gasteiger partial charge in [-0.2, -0.15) is 4.31 Å². The summed E-state index contributed by atoms with van der Waals surface area (Å²) in [6.07, 6.45) is 1.68. The Labute approximate surface area is 117 Å². The maximum atomic E-state index is 12.5. The van der Waals surface area contributed by atoms with Gasteiger partial charge in [-0.25, -0.2) is 13.4 Å². The standard InChI is InChI=1S/C13H16N2O2S2/c1-10-4-5-11(2)12(8-10)19(16,17)15(3)9-13-14-6-7-18-13/h4-8H,9H2,1-3H3. The van der Waals surface area contributed by atoms with Gasteiger partial charge in [-0.05, 0) is 31.0 Å². The number of sulfonamides is 1. The Morgan fingerprint density at radius 3 is 2.68 bits per heavy atom. The molecule has 0 N–H and O–H groups in total. The van der Waals surface area contributed by atoms with Gasteiger partial charge in [0.2, 0.25) is 10.0 Å². The molecule has 0 aliphatic rings. The number of hydrogen-bond acceptors (Lipinski definition) is 4. The smallest absolute Gasteiger partial charge is 0.243 e. The fourth-order valence-electron chi connectivity index (χ4n) is 1.76. The largest absolute Gasteiger partial charge is 0.248 e. The first-order valence-corrected chi connectivity index (χ1v) is 8.15. The Balaban J connectivity index is 2.33. The van der Waals surface area contributed by atoms with E-state index in [1.54, 1.807) is 19.3 Å². The number of aromatic nitrogens is 1. The van der Waals surface area contributed by atoms with Crippen LogP contribution < -0.4 is 0 Å². The van der Waals surface area contributed by atoms with Crippen molar-refractivity contribution in [1.29, 1.82) is 0 Å². The topological polar surface area (TPSA) is 50.3 Å². The molecule has 0 aliphatic carbocycles. The van der Waals surface area contributed by atoms with Gasteiger partial charge in [-0.15, -0.1) is 11.3 Å². The van der Waals surface area contributed by atoms with Crippen molar-refractivity contribution in [3.05, 3.63) is 45.9 Å². The Morgan fingerprint density at radius 1 is 1.32 bits per heavy atom. The predicted molar refractivity (Wildman–Crippen MR) is 76.7 cm³/mol. The van der Waals surface area contributed by atoms with Crippen LogP contribution in [0.1, 0.15) is 16.1 Å². The summed E-state index contributed by atoms with van der Waals surface area (Å²) in [6.45, 7) is 4.00. The number of rotatable bonds is 4. The molecule has 0 amide bonds. The number of thiazole rings is 1. The second-order valence-corrected chi connectivity index (χ2v) is 7.45. The zero-order valence-electron chi connectivity index (χ0n) is 11.1. The van der Waals surface area contributed by atoms with Crippen LogP contribution in [0.2, 0.25) is 0 Å². The molecule has 102 valence electrons. The monoisotopic (exact) mass is 296 g/mol. The van der Waals surface area contributed by atoms with Crippen molar-refractivity contribution in [2.45, 2.75) is 25.3 Å². The highest BCUT2D eigenvalue weighted by Gasteiger charge is 2.23. The van der Waals surface area contributed by atoms with E-state index >= 15 is 0 Å². The molecule has 1 heterocycles. The van der Waals surface area contributed by atoms with Crippen molar-refractivity contribution in [1.82, 2.24) is 9.29 Å². The molecule has 0 saturated carbocycles. The number of nitrogens with zero attached hydrogens (tertiary/aromatic N) is 2. The van der Waals surface area contributed by atoms with Gasteiger partial charge in [0.25, 0.3) is 0 Å². The highest BCUT2D eigenvalue weighted by molar-refractivity contribution is 7.89. The summed E-state index contributed by atoms with van der Waals surface area (Å²) < 4.78 is 26.4. The lowest BCUT2D eigenvalue weighted by Gasteiger charge is -2.17. The Morgan fingerprint density at radius 2 is 2.05 bits per heavy atom. The first-order chi connectivity index (χ1) is 8.91. The molecule has 0 aliphatic heterocycles. The van der Waals surface area contributed by atoms with E-state index in [1.165, 1.54) is 15.6 Å². The fraction of sp³-hybridized carbons (Fsp3) is 0.308. The normalized spacial score (nSPS) is 12.0. The summed E-state index contributed by atoms with van der Waals surface area (Å²) in [6, 6.07) is 5.46. The van der Waals surface area contributed by atoms with Gasteiger partial charge in [0.1, 0.15) is 5.01 Å². The second kappa shape index (κ2) is 5.40. The van der Waals surface area contributed by atoms with Crippen molar-refractivity contribution in [2.24, 2.45) is 0 Å².